The van der Waals surface area contributed by atoms with Gasteiger partial charge in [-0.25, -0.2) is 4.39 Å². The number of hydrogen-bond donors (Lipinski definition) is 2. The molecule has 0 fully saturated rings. The van der Waals surface area contributed by atoms with Crippen molar-refractivity contribution in [2.24, 2.45) is 0 Å². The van der Waals surface area contributed by atoms with E-state index in [0.717, 1.165) is 11.1 Å². The summed E-state index contributed by atoms with van der Waals surface area (Å²) < 4.78 is 52.9. The number of nitrogens with one attached hydrogen (secondary N) is 2. The van der Waals surface area contributed by atoms with Gasteiger partial charge in [-0.1, -0.05) is 24.3 Å². The number of nitrogens with zero attached hydrogens (tertiary/aromatic N) is 1. The monoisotopic (exact) mass is 453 g/mol. The summed E-state index contributed by atoms with van der Waals surface area (Å²) in [6.45, 7) is 1.83. The van der Waals surface area contributed by atoms with E-state index in [9.17, 15) is 32.4 Å². The molecular weight excluding hydrogens is 438 g/mol. The van der Waals surface area contributed by atoms with E-state index in [2.05, 4.69) is 10.6 Å². The van der Waals surface area contributed by atoms with E-state index in [1.165, 1.54) is 12.1 Å². The number of rotatable bonds is 3. The first kappa shape index (κ1) is 22.0. The highest BCUT2D eigenvalue weighted by Crippen LogP contribution is 2.39. The van der Waals surface area contributed by atoms with Gasteiger partial charge in [-0.05, 0) is 48.4 Å². The number of fused-ring (bicyclic) bond motifs is 1. The molecule has 1 atom stereocenters. The zero-order valence-corrected chi connectivity index (χ0v) is 17.0. The van der Waals surface area contributed by atoms with Crippen LogP contribution in [0.2, 0.25) is 0 Å². The third-order valence-electron chi connectivity index (χ3n) is 5.39. The van der Waals surface area contributed by atoms with Crippen molar-refractivity contribution in [1.82, 2.24) is 5.32 Å². The van der Waals surface area contributed by atoms with Crippen LogP contribution >= 0.6 is 0 Å². The van der Waals surface area contributed by atoms with Crippen LogP contribution in [-0.2, 0) is 6.18 Å². The van der Waals surface area contributed by atoms with Gasteiger partial charge in [0, 0.05) is 16.8 Å². The van der Waals surface area contributed by atoms with Gasteiger partial charge >= 0.3 is 6.18 Å². The number of alkyl halides is 3. The first-order valence-corrected chi connectivity index (χ1v) is 9.72. The van der Waals surface area contributed by atoms with Crippen molar-refractivity contribution in [2.75, 3.05) is 5.32 Å². The molecular formula is C24H15F4N3O2. The molecule has 3 aromatic carbocycles. The Labute approximate surface area is 185 Å². The van der Waals surface area contributed by atoms with Crippen LogP contribution in [-0.4, -0.2) is 11.8 Å². The summed E-state index contributed by atoms with van der Waals surface area (Å²) in [6, 6.07) is 12.7. The summed E-state index contributed by atoms with van der Waals surface area (Å²) in [6.07, 6.45) is -4.83. The Morgan fingerprint density at radius 2 is 1.85 bits per heavy atom. The first-order chi connectivity index (χ1) is 15.6. The lowest BCUT2D eigenvalue weighted by Crippen LogP contribution is -2.21. The molecule has 1 aliphatic heterocycles. The molecule has 2 amide bonds. The average Bonchev–Trinajstić information content (AvgIpc) is 3.11. The Morgan fingerprint density at radius 3 is 2.52 bits per heavy atom. The van der Waals surface area contributed by atoms with Gasteiger partial charge in [0.05, 0.1) is 28.8 Å². The molecule has 9 heteroatoms. The predicted molar refractivity (Wildman–Crippen MR) is 111 cm³/mol. The molecule has 0 saturated carbocycles. The quantitative estimate of drug-likeness (QED) is 0.541. The van der Waals surface area contributed by atoms with Crippen molar-refractivity contribution in [3.63, 3.8) is 0 Å². The number of halogens is 4. The van der Waals surface area contributed by atoms with Gasteiger partial charge in [-0.2, -0.15) is 18.4 Å². The zero-order valence-electron chi connectivity index (χ0n) is 17.0. The zero-order chi connectivity index (χ0) is 23.9. The number of carbonyl (C=O) groups excluding carboxylic acids is 2. The number of amides is 2. The Kier molecular flexibility index (Phi) is 5.38. The van der Waals surface area contributed by atoms with Crippen molar-refractivity contribution < 1.29 is 27.2 Å². The smallest absolute Gasteiger partial charge is 0.341 e. The van der Waals surface area contributed by atoms with Crippen LogP contribution in [0.25, 0.3) is 0 Å². The second kappa shape index (κ2) is 8.06. The van der Waals surface area contributed by atoms with Crippen LogP contribution in [0.15, 0.2) is 54.6 Å². The highest BCUT2D eigenvalue weighted by Gasteiger charge is 2.36. The van der Waals surface area contributed by atoms with Crippen LogP contribution in [0.5, 0.6) is 0 Å². The topological polar surface area (TPSA) is 82.0 Å². The van der Waals surface area contributed by atoms with Gasteiger partial charge in [0.1, 0.15) is 5.82 Å². The number of benzene rings is 3. The van der Waals surface area contributed by atoms with Gasteiger partial charge in [-0.3, -0.25) is 9.59 Å². The van der Waals surface area contributed by atoms with Crippen molar-refractivity contribution in [3.8, 4) is 6.07 Å². The Morgan fingerprint density at radius 1 is 1.12 bits per heavy atom. The fourth-order valence-electron chi connectivity index (χ4n) is 3.86. The highest BCUT2D eigenvalue weighted by molar-refractivity contribution is 6.08. The normalized spacial score (nSPS) is 14.9. The minimum Gasteiger partial charge on any atom is -0.341 e. The van der Waals surface area contributed by atoms with E-state index in [4.69, 9.17) is 0 Å². The van der Waals surface area contributed by atoms with Gasteiger partial charge in [0.2, 0.25) is 0 Å². The summed E-state index contributed by atoms with van der Waals surface area (Å²) >= 11 is 0. The number of hydrogen-bond acceptors (Lipinski definition) is 3. The van der Waals surface area contributed by atoms with E-state index in [-0.39, 0.29) is 16.8 Å². The number of carbonyl (C=O) groups is 2. The minimum absolute atomic E-state index is 0.0683. The molecule has 0 aromatic heterocycles. The molecule has 1 unspecified atom stereocenters. The van der Waals surface area contributed by atoms with Crippen molar-refractivity contribution in [1.29, 1.82) is 5.26 Å². The van der Waals surface area contributed by atoms with E-state index >= 15 is 0 Å². The second-order valence-corrected chi connectivity index (χ2v) is 7.50. The highest BCUT2D eigenvalue weighted by atomic mass is 19.4. The van der Waals surface area contributed by atoms with E-state index in [1.54, 1.807) is 12.1 Å². The van der Waals surface area contributed by atoms with Gasteiger partial charge in [0.25, 0.3) is 11.8 Å². The van der Waals surface area contributed by atoms with Crippen molar-refractivity contribution in [3.05, 3.63) is 99.4 Å². The maximum atomic E-state index is 13.8. The third kappa shape index (κ3) is 4.03. The van der Waals surface area contributed by atoms with Crippen LogP contribution in [0.4, 0.5) is 23.2 Å². The first-order valence-electron chi connectivity index (χ1n) is 9.72. The lowest BCUT2D eigenvalue weighted by molar-refractivity contribution is -0.137. The predicted octanol–water partition coefficient (Wildman–Crippen LogP) is 5.11. The Bertz CT molecular complexity index is 1340. The molecule has 1 heterocycles. The second-order valence-electron chi connectivity index (χ2n) is 7.50. The molecule has 2 N–H and O–H groups in total. The van der Waals surface area contributed by atoms with Crippen LogP contribution in [0.1, 0.15) is 54.6 Å². The van der Waals surface area contributed by atoms with Crippen LogP contribution in [0, 0.1) is 24.1 Å². The number of nitriles is 1. The minimum atomic E-state index is -4.83. The molecule has 3 aromatic rings. The van der Waals surface area contributed by atoms with Crippen molar-refractivity contribution >= 4 is 17.5 Å². The molecule has 5 nitrogen and oxygen atoms in total. The molecule has 0 spiro atoms. The summed E-state index contributed by atoms with van der Waals surface area (Å²) in [4.78, 5) is 25.5. The molecule has 0 bridgehead atoms. The summed E-state index contributed by atoms with van der Waals surface area (Å²) in [5.41, 5.74) is 0.320. The van der Waals surface area contributed by atoms with E-state index in [0.29, 0.717) is 23.8 Å². The molecule has 1 aliphatic rings. The molecule has 4 rings (SSSR count). The molecule has 0 radical (unpaired) electrons. The fraction of sp³-hybridized carbons (Fsp3) is 0.125. The SMILES string of the molecule is Cc1ccccc1C1NC(=O)c2c(C#N)ccc(NC(=O)c3cc(F)cc(C(F)(F)F)c3)c21. The molecule has 33 heavy (non-hydrogen) atoms. The lowest BCUT2D eigenvalue weighted by Gasteiger charge is -2.19. The fourth-order valence-corrected chi connectivity index (χ4v) is 3.86. The average molecular weight is 453 g/mol. The van der Waals surface area contributed by atoms with Gasteiger partial charge < -0.3 is 10.6 Å². The van der Waals surface area contributed by atoms with Crippen LogP contribution < -0.4 is 10.6 Å². The lowest BCUT2D eigenvalue weighted by atomic mass is 9.91. The summed E-state index contributed by atoms with van der Waals surface area (Å²) in [5, 5.41) is 14.7. The third-order valence-corrected chi connectivity index (χ3v) is 5.39. The molecule has 0 aliphatic carbocycles. The Balaban J connectivity index is 1.80. The van der Waals surface area contributed by atoms with Crippen molar-refractivity contribution in [2.45, 2.75) is 19.1 Å². The van der Waals surface area contributed by atoms with E-state index in [1.807, 2.05) is 25.1 Å². The van der Waals surface area contributed by atoms with Gasteiger partial charge in [-0.15, -0.1) is 0 Å². The largest absolute Gasteiger partial charge is 0.416 e. The maximum absolute atomic E-state index is 13.8. The molecule has 0 saturated heterocycles. The van der Waals surface area contributed by atoms with Gasteiger partial charge in [0.15, 0.2) is 0 Å². The standard InChI is InChI=1S/C24H15F4N3O2/c1-12-4-2-3-5-17(12)21-20-18(7-6-13(11-29)19(20)23(33)31-21)30-22(32)14-8-15(24(26,27)28)10-16(25)9-14/h2-10,21H,1H3,(H,30,32)(H,31,33). The van der Waals surface area contributed by atoms with Crippen LogP contribution in [0.3, 0.4) is 0 Å². The Hall–Kier alpha value is -4.19. The number of aryl methyl sites for hydroxylation is 1. The number of anilines is 1. The maximum Gasteiger partial charge on any atom is 0.416 e. The van der Waals surface area contributed by atoms with E-state index < -0.39 is 41.0 Å². The molecule has 166 valence electrons. The summed E-state index contributed by atoms with van der Waals surface area (Å²) in [5.74, 6) is -2.72. The summed E-state index contributed by atoms with van der Waals surface area (Å²) in [7, 11) is 0.